The van der Waals surface area contributed by atoms with Crippen molar-refractivity contribution in [2.24, 2.45) is 18.4 Å². The minimum atomic E-state index is -4.43. The molecule has 39 heavy (non-hydrogen) atoms. The number of rotatable bonds is 6. The number of carbonyl (C=O) groups is 1. The Morgan fingerprint density at radius 1 is 1.15 bits per heavy atom. The zero-order chi connectivity index (χ0) is 27.4. The quantitative estimate of drug-likeness (QED) is 0.498. The molecule has 1 N–H and O–H groups in total. The van der Waals surface area contributed by atoms with Crippen molar-refractivity contribution in [1.29, 1.82) is 0 Å². The topological polar surface area (TPSA) is 67.2 Å². The second-order valence-corrected chi connectivity index (χ2v) is 11.8. The van der Waals surface area contributed by atoms with Crippen LogP contribution in [-0.2, 0) is 37.4 Å². The summed E-state index contributed by atoms with van der Waals surface area (Å²) in [4.78, 5) is 32.3. The molecular formula is C30H33F3N4O2. The minimum Gasteiger partial charge on any atom is -0.352 e. The number of halogens is 3. The molecule has 0 bridgehead atoms. The molecule has 9 heteroatoms. The van der Waals surface area contributed by atoms with Crippen molar-refractivity contribution < 1.29 is 18.0 Å². The third-order valence-corrected chi connectivity index (χ3v) is 8.81. The number of pyridine rings is 2. The zero-order valence-electron chi connectivity index (χ0n) is 22.1. The van der Waals surface area contributed by atoms with Crippen molar-refractivity contribution >= 4 is 16.8 Å². The van der Waals surface area contributed by atoms with Gasteiger partial charge in [-0.25, -0.2) is 0 Å². The first-order valence-electron chi connectivity index (χ1n) is 13.8. The van der Waals surface area contributed by atoms with Crippen molar-refractivity contribution in [1.82, 2.24) is 19.8 Å². The van der Waals surface area contributed by atoms with E-state index in [9.17, 15) is 22.8 Å². The predicted octanol–water partition coefficient (Wildman–Crippen LogP) is 4.62. The first-order valence-corrected chi connectivity index (χ1v) is 13.8. The maximum atomic E-state index is 13.8. The van der Waals surface area contributed by atoms with E-state index < -0.39 is 17.2 Å². The normalized spacial score (nSPS) is 23.6. The maximum absolute atomic E-state index is 13.8. The third-order valence-electron chi connectivity index (χ3n) is 8.81. The van der Waals surface area contributed by atoms with E-state index in [1.807, 2.05) is 12.1 Å². The Morgan fingerprint density at radius 3 is 2.72 bits per heavy atom. The van der Waals surface area contributed by atoms with Crippen molar-refractivity contribution in [2.45, 2.75) is 63.7 Å². The van der Waals surface area contributed by atoms with Crippen molar-refractivity contribution in [3.8, 4) is 0 Å². The highest BCUT2D eigenvalue weighted by atomic mass is 19.4. The standard InChI is InChI=1S/C30H33F3N4O2/c1-36-26-12-20(4-5-21(26)6-9-27(36)38)17-37-11-10-29(18-37,15-19-2-3-19)28(39)35-24-7-8-25-22(14-24)13-23(16-34-25)30(31,32)33/h4-6,9,12-13,16,19,24H,2-3,7-8,10-11,14-15,17-18H2,1H3,(H,35,39). The average molecular weight is 539 g/mol. The summed E-state index contributed by atoms with van der Waals surface area (Å²) in [5.74, 6) is 0.600. The zero-order valence-corrected chi connectivity index (χ0v) is 22.1. The fraction of sp³-hybridized carbons (Fsp3) is 0.500. The highest BCUT2D eigenvalue weighted by molar-refractivity contribution is 5.84. The Bertz CT molecular complexity index is 1480. The molecule has 6 rings (SSSR count). The van der Waals surface area contributed by atoms with Gasteiger partial charge in [-0.2, -0.15) is 13.2 Å². The summed E-state index contributed by atoms with van der Waals surface area (Å²) in [6.45, 7) is 2.16. The van der Waals surface area contributed by atoms with Crippen LogP contribution in [0.2, 0.25) is 0 Å². The molecule has 6 nitrogen and oxygen atoms in total. The fourth-order valence-electron chi connectivity index (χ4n) is 6.42. The Labute approximate surface area is 225 Å². The summed E-state index contributed by atoms with van der Waals surface area (Å²) in [7, 11) is 1.78. The molecule has 2 aromatic heterocycles. The average Bonchev–Trinajstić information content (AvgIpc) is 3.63. The first-order chi connectivity index (χ1) is 18.6. The van der Waals surface area contributed by atoms with E-state index in [2.05, 4.69) is 27.3 Å². The lowest BCUT2D eigenvalue weighted by Gasteiger charge is -2.33. The lowest BCUT2D eigenvalue weighted by molar-refractivity contribution is -0.138. The SMILES string of the molecule is Cn1c(=O)ccc2ccc(CN3CCC(CC4CC4)(C(=O)NC4CCc5ncc(C(F)(F)F)cc5C4)C3)cc21. The van der Waals surface area contributed by atoms with Crippen LogP contribution < -0.4 is 10.9 Å². The van der Waals surface area contributed by atoms with Crippen LogP contribution in [0.4, 0.5) is 13.2 Å². The van der Waals surface area contributed by atoms with Gasteiger partial charge in [0.05, 0.1) is 16.5 Å². The van der Waals surface area contributed by atoms with Gasteiger partial charge in [0, 0.05) is 44.1 Å². The van der Waals surface area contributed by atoms with Gasteiger partial charge in [0.2, 0.25) is 5.91 Å². The molecule has 1 aromatic carbocycles. The van der Waals surface area contributed by atoms with Gasteiger partial charge in [0.25, 0.3) is 5.56 Å². The van der Waals surface area contributed by atoms with E-state index in [4.69, 9.17) is 0 Å². The molecule has 1 saturated carbocycles. The van der Waals surface area contributed by atoms with Gasteiger partial charge >= 0.3 is 6.18 Å². The number of amides is 1. The molecule has 1 aliphatic heterocycles. The highest BCUT2D eigenvalue weighted by Gasteiger charge is 2.48. The van der Waals surface area contributed by atoms with Gasteiger partial charge in [-0.1, -0.05) is 25.0 Å². The summed E-state index contributed by atoms with van der Waals surface area (Å²) in [5, 5.41) is 4.25. The molecule has 0 radical (unpaired) electrons. The summed E-state index contributed by atoms with van der Waals surface area (Å²) in [6, 6.07) is 10.6. The number of fused-ring (bicyclic) bond motifs is 2. The van der Waals surface area contributed by atoms with Gasteiger partial charge in [-0.3, -0.25) is 19.5 Å². The van der Waals surface area contributed by atoms with Crippen molar-refractivity contribution in [3.63, 3.8) is 0 Å². The Balaban J connectivity index is 1.16. The number of carbonyl (C=O) groups excluding carboxylic acids is 1. The molecule has 0 spiro atoms. The molecule has 3 aromatic rings. The van der Waals surface area contributed by atoms with E-state index in [0.29, 0.717) is 49.5 Å². The molecule has 206 valence electrons. The number of hydrogen-bond donors (Lipinski definition) is 1. The Morgan fingerprint density at radius 2 is 1.95 bits per heavy atom. The Kier molecular flexibility index (Phi) is 6.52. The van der Waals surface area contributed by atoms with Crippen molar-refractivity contribution in [3.05, 3.63) is 75.3 Å². The molecule has 2 unspecified atom stereocenters. The van der Waals surface area contributed by atoms with E-state index >= 15 is 0 Å². The molecule has 1 amide bonds. The summed E-state index contributed by atoms with van der Waals surface area (Å²) in [6.07, 6.45) is 2.00. The Hall–Kier alpha value is -3.20. The predicted molar refractivity (Wildman–Crippen MR) is 142 cm³/mol. The van der Waals surface area contributed by atoms with Crippen LogP contribution in [0.1, 0.15) is 54.5 Å². The number of hydrogen-bond acceptors (Lipinski definition) is 4. The highest BCUT2D eigenvalue weighted by Crippen LogP contribution is 2.46. The lowest BCUT2D eigenvalue weighted by atomic mass is 9.79. The van der Waals surface area contributed by atoms with Crippen LogP contribution in [0.5, 0.6) is 0 Å². The van der Waals surface area contributed by atoms with Gasteiger partial charge in [0.15, 0.2) is 0 Å². The first kappa shape index (κ1) is 26.0. The summed E-state index contributed by atoms with van der Waals surface area (Å²) < 4.78 is 41.3. The van der Waals surface area contributed by atoms with Crippen LogP contribution in [0.15, 0.2) is 47.4 Å². The van der Waals surface area contributed by atoms with Crippen LogP contribution in [0.25, 0.3) is 10.9 Å². The summed E-state index contributed by atoms with van der Waals surface area (Å²) in [5.41, 5.74) is 2.00. The van der Waals surface area contributed by atoms with E-state index in [1.54, 1.807) is 17.7 Å². The van der Waals surface area contributed by atoms with Crippen molar-refractivity contribution in [2.75, 3.05) is 13.1 Å². The number of alkyl halides is 3. The van der Waals surface area contributed by atoms with Gasteiger partial charge in [-0.05, 0) is 79.3 Å². The smallest absolute Gasteiger partial charge is 0.352 e. The van der Waals surface area contributed by atoms with Gasteiger partial charge in [0.1, 0.15) is 0 Å². The monoisotopic (exact) mass is 538 g/mol. The van der Waals surface area contributed by atoms with Gasteiger partial charge < -0.3 is 9.88 Å². The number of likely N-dealkylation sites (tertiary alicyclic amines) is 1. The largest absolute Gasteiger partial charge is 0.417 e. The minimum absolute atomic E-state index is 0.0335. The van der Waals surface area contributed by atoms with Crippen LogP contribution in [-0.4, -0.2) is 39.5 Å². The summed E-state index contributed by atoms with van der Waals surface area (Å²) >= 11 is 0. The van der Waals surface area contributed by atoms with E-state index in [-0.39, 0.29) is 17.5 Å². The number of aryl methyl sites for hydroxylation is 2. The lowest BCUT2D eigenvalue weighted by Crippen LogP contribution is -2.49. The molecular weight excluding hydrogens is 505 g/mol. The number of nitrogens with zero attached hydrogens (tertiary/aromatic N) is 3. The van der Waals surface area contributed by atoms with Crippen LogP contribution in [0, 0.1) is 11.3 Å². The molecule has 2 fully saturated rings. The number of aromatic nitrogens is 2. The number of nitrogens with one attached hydrogen (secondary N) is 1. The third kappa shape index (κ3) is 5.33. The molecule has 2 atom stereocenters. The fourth-order valence-corrected chi connectivity index (χ4v) is 6.42. The van der Waals surface area contributed by atoms with E-state index in [1.165, 1.54) is 6.07 Å². The van der Waals surface area contributed by atoms with E-state index in [0.717, 1.165) is 54.9 Å². The molecule has 1 saturated heterocycles. The molecule has 3 heterocycles. The second kappa shape index (κ2) is 9.77. The van der Waals surface area contributed by atoms with Crippen LogP contribution in [0.3, 0.4) is 0 Å². The van der Waals surface area contributed by atoms with Gasteiger partial charge in [-0.15, -0.1) is 0 Å². The molecule has 2 aliphatic carbocycles. The number of benzene rings is 1. The van der Waals surface area contributed by atoms with Crippen LogP contribution >= 0.6 is 0 Å². The molecule has 3 aliphatic rings. The maximum Gasteiger partial charge on any atom is 0.417 e. The second-order valence-electron chi connectivity index (χ2n) is 11.8.